The highest BCUT2D eigenvalue weighted by atomic mass is 32.2. The van der Waals surface area contributed by atoms with E-state index in [2.05, 4.69) is 4.98 Å². The van der Waals surface area contributed by atoms with Crippen molar-refractivity contribution in [1.82, 2.24) is 4.98 Å². The van der Waals surface area contributed by atoms with E-state index in [0.717, 1.165) is 24.5 Å². The normalized spacial score (nSPS) is 23.3. The van der Waals surface area contributed by atoms with Gasteiger partial charge in [0.25, 0.3) is 0 Å². The molecule has 1 aromatic heterocycles. The van der Waals surface area contributed by atoms with Gasteiger partial charge < -0.3 is 4.74 Å². The average Bonchev–Trinajstić information content (AvgIpc) is 2.67. The van der Waals surface area contributed by atoms with Gasteiger partial charge in [0.05, 0.1) is 26.2 Å². The predicted octanol–water partition coefficient (Wildman–Crippen LogP) is 3.59. The lowest BCUT2D eigenvalue weighted by atomic mass is 9.93. The van der Waals surface area contributed by atoms with Crippen LogP contribution in [0.3, 0.4) is 0 Å². The van der Waals surface area contributed by atoms with E-state index in [1.165, 1.54) is 25.4 Å². The Morgan fingerprint density at radius 2 is 1.80 bits per heavy atom. The lowest BCUT2D eigenvalue weighted by Crippen LogP contribution is -2.42. The van der Waals surface area contributed by atoms with Crippen molar-refractivity contribution in [2.75, 3.05) is 12.9 Å². The standard InChI is InChI=1S/C19H20F3NO5S2/c1-18(30(26,27)15-5-3-4-14(9-15)19(20,21)22)6-7-28-17(10-18)13-8-16(12-23-11-13)29(2,24)25/h3-5,8-9,11-12,17H,6-7,10H2,1-2H3/t17-,18+/m1/s1. The molecule has 3 rings (SSSR count). The maximum Gasteiger partial charge on any atom is 0.416 e. The van der Waals surface area contributed by atoms with Crippen LogP contribution in [0, 0.1) is 0 Å². The van der Waals surface area contributed by atoms with Gasteiger partial charge in [-0.25, -0.2) is 16.8 Å². The zero-order valence-corrected chi connectivity index (χ0v) is 17.8. The number of benzene rings is 1. The van der Waals surface area contributed by atoms with Crippen molar-refractivity contribution < 1.29 is 34.7 Å². The van der Waals surface area contributed by atoms with Gasteiger partial charge in [-0.3, -0.25) is 4.98 Å². The van der Waals surface area contributed by atoms with Crippen molar-refractivity contribution >= 4 is 19.7 Å². The van der Waals surface area contributed by atoms with Gasteiger partial charge in [0.2, 0.25) is 0 Å². The van der Waals surface area contributed by atoms with E-state index in [1.807, 2.05) is 0 Å². The molecule has 1 fully saturated rings. The summed E-state index contributed by atoms with van der Waals surface area (Å²) in [6.45, 7) is 1.51. The molecule has 30 heavy (non-hydrogen) atoms. The Bertz CT molecular complexity index is 1160. The van der Waals surface area contributed by atoms with Crippen LogP contribution < -0.4 is 0 Å². The molecule has 1 aromatic carbocycles. The molecule has 1 aliphatic rings. The first-order chi connectivity index (χ1) is 13.7. The van der Waals surface area contributed by atoms with E-state index < -0.39 is 47.2 Å². The highest BCUT2D eigenvalue weighted by molar-refractivity contribution is 7.92. The van der Waals surface area contributed by atoms with Gasteiger partial charge in [-0.2, -0.15) is 13.2 Å². The number of ether oxygens (including phenoxy) is 1. The van der Waals surface area contributed by atoms with Crippen molar-refractivity contribution in [2.24, 2.45) is 0 Å². The summed E-state index contributed by atoms with van der Waals surface area (Å²) in [6, 6.07) is 5.03. The van der Waals surface area contributed by atoms with Gasteiger partial charge in [0, 0.05) is 30.8 Å². The number of hydrogen-bond donors (Lipinski definition) is 0. The highest BCUT2D eigenvalue weighted by Gasteiger charge is 2.45. The van der Waals surface area contributed by atoms with Gasteiger partial charge in [-0.05, 0) is 44.0 Å². The summed E-state index contributed by atoms with van der Waals surface area (Å²) in [5.41, 5.74) is -0.649. The van der Waals surface area contributed by atoms with Crippen LogP contribution in [-0.4, -0.2) is 39.4 Å². The molecule has 2 heterocycles. The van der Waals surface area contributed by atoms with Crippen molar-refractivity contribution in [1.29, 1.82) is 0 Å². The van der Waals surface area contributed by atoms with Gasteiger partial charge in [0.1, 0.15) is 0 Å². The van der Waals surface area contributed by atoms with Crippen LogP contribution in [0.25, 0.3) is 0 Å². The van der Waals surface area contributed by atoms with Crippen LogP contribution in [0.15, 0.2) is 52.5 Å². The lowest BCUT2D eigenvalue weighted by Gasteiger charge is -2.37. The molecule has 0 bridgehead atoms. The minimum Gasteiger partial charge on any atom is -0.373 e. The summed E-state index contributed by atoms with van der Waals surface area (Å²) in [5.74, 6) is 0. The molecule has 0 aliphatic carbocycles. The molecule has 0 saturated carbocycles. The fraction of sp³-hybridized carbons (Fsp3) is 0.421. The SMILES string of the molecule is C[C@]1(S(=O)(=O)c2cccc(C(F)(F)F)c2)CCO[C@@H](c2cncc(S(C)(=O)=O)c2)C1. The van der Waals surface area contributed by atoms with Gasteiger partial charge in [-0.15, -0.1) is 0 Å². The van der Waals surface area contributed by atoms with Crippen molar-refractivity contribution in [2.45, 2.75) is 46.6 Å². The van der Waals surface area contributed by atoms with Crippen LogP contribution in [0.5, 0.6) is 0 Å². The van der Waals surface area contributed by atoms with Crippen molar-refractivity contribution in [3.05, 3.63) is 53.9 Å². The Morgan fingerprint density at radius 1 is 1.10 bits per heavy atom. The third kappa shape index (κ3) is 4.37. The monoisotopic (exact) mass is 463 g/mol. The van der Waals surface area contributed by atoms with Crippen LogP contribution >= 0.6 is 0 Å². The van der Waals surface area contributed by atoms with E-state index in [1.54, 1.807) is 0 Å². The molecule has 6 nitrogen and oxygen atoms in total. The van der Waals surface area contributed by atoms with Gasteiger partial charge in [0.15, 0.2) is 19.7 Å². The third-order valence-corrected chi connectivity index (χ3v) is 8.84. The third-order valence-electron chi connectivity index (χ3n) is 5.22. The number of rotatable bonds is 4. The van der Waals surface area contributed by atoms with Crippen LogP contribution in [0.2, 0.25) is 0 Å². The second-order valence-electron chi connectivity index (χ2n) is 7.52. The lowest BCUT2D eigenvalue weighted by molar-refractivity contribution is -0.137. The minimum absolute atomic E-state index is 0.0309. The van der Waals surface area contributed by atoms with E-state index in [-0.39, 0.29) is 24.3 Å². The Balaban J connectivity index is 1.97. The summed E-state index contributed by atoms with van der Waals surface area (Å²) in [7, 11) is -7.67. The summed E-state index contributed by atoms with van der Waals surface area (Å²) < 4.78 is 93.5. The summed E-state index contributed by atoms with van der Waals surface area (Å²) in [5, 5.41) is 0. The fourth-order valence-electron chi connectivity index (χ4n) is 3.37. The number of alkyl halides is 3. The molecular formula is C19H20F3NO5S2. The van der Waals surface area contributed by atoms with Crippen molar-refractivity contribution in [3.63, 3.8) is 0 Å². The van der Waals surface area contributed by atoms with E-state index in [4.69, 9.17) is 4.74 Å². The molecule has 1 saturated heterocycles. The molecule has 2 atom stereocenters. The number of pyridine rings is 1. The molecule has 0 N–H and O–H groups in total. The number of halogens is 3. The quantitative estimate of drug-likeness (QED) is 0.688. The summed E-state index contributed by atoms with van der Waals surface area (Å²) in [6.07, 6.45) is -1.80. The van der Waals surface area contributed by atoms with Gasteiger partial charge >= 0.3 is 6.18 Å². The second kappa shape index (κ2) is 7.61. The van der Waals surface area contributed by atoms with E-state index in [0.29, 0.717) is 11.6 Å². The number of nitrogens with zero attached hydrogens (tertiary/aromatic N) is 1. The highest BCUT2D eigenvalue weighted by Crippen LogP contribution is 2.42. The van der Waals surface area contributed by atoms with Crippen LogP contribution in [-0.2, 0) is 30.6 Å². The average molecular weight is 463 g/mol. The topological polar surface area (TPSA) is 90.4 Å². The number of hydrogen-bond acceptors (Lipinski definition) is 6. The van der Waals surface area contributed by atoms with Crippen molar-refractivity contribution in [3.8, 4) is 0 Å². The molecule has 0 spiro atoms. The maximum atomic E-state index is 13.3. The smallest absolute Gasteiger partial charge is 0.373 e. The second-order valence-corrected chi connectivity index (χ2v) is 12.0. The fourth-order valence-corrected chi connectivity index (χ4v) is 5.80. The Hall–Kier alpha value is -1.98. The van der Waals surface area contributed by atoms with Crippen LogP contribution in [0.1, 0.15) is 37.0 Å². The summed E-state index contributed by atoms with van der Waals surface area (Å²) in [4.78, 5) is 3.46. The van der Waals surface area contributed by atoms with E-state index in [9.17, 15) is 30.0 Å². The molecule has 0 unspecified atom stereocenters. The molecule has 0 radical (unpaired) electrons. The maximum absolute atomic E-state index is 13.3. The zero-order valence-electron chi connectivity index (χ0n) is 16.2. The number of sulfone groups is 2. The molecule has 2 aromatic rings. The Labute approximate surface area is 172 Å². The first kappa shape index (κ1) is 22.7. The Kier molecular flexibility index (Phi) is 5.76. The minimum atomic E-state index is -4.66. The zero-order chi connectivity index (χ0) is 22.4. The molecule has 11 heteroatoms. The first-order valence-electron chi connectivity index (χ1n) is 8.93. The molecular weight excluding hydrogens is 443 g/mol. The molecule has 0 amide bonds. The number of aromatic nitrogens is 1. The largest absolute Gasteiger partial charge is 0.416 e. The predicted molar refractivity (Wildman–Crippen MR) is 102 cm³/mol. The summed E-state index contributed by atoms with van der Waals surface area (Å²) >= 11 is 0. The molecule has 1 aliphatic heterocycles. The molecule has 164 valence electrons. The Morgan fingerprint density at radius 3 is 2.43 bits per heavy atom. The van der Waals surface area contributed by atoms with Gasteiger partial charge in [-0.1, -0.05) is 6.07 Å². The first-order valence-corrected chi connectivity index (χ1v) is 12.3. The van der Waals surface area contributed by atoms with Crippen LogP contribution in [0.4, 0.5) is 13.2 Å². The van der Waals surface area contributed by atoms with E-state index >= 15 is 0 Å².